The van der Waals surface area contributed by atoms with Gasteiger partial charge in [-0.2, -0.15) is 4.98 Å². The summed E-state index contributed by atoms with van der Waals surface area (Å²) in [5, 5.41) is 0. The van der Waals surface area contributed by atoms with Crippen molar-refractivity contribution in [3.05, 3.63) is 18.2 Å². The molecule has 0 atom stereocenters. The van der Waals surface area contributed by atoms with Gasteiger partial charge in [-0.05, 0) is 32.0 Å². The first-order valence-electron chi connectivity index (χ1n) is 5.42. The zero-order valence-electron chi connectivity index (χ0n) is 8.85. The van der Waals surface area contributed by atoms with Gasteiger partial charge in [-0.3, -0.25) is 4.90 Å². The van der Waals surface area contributed by atoms with Gasteiger partial charge in [0, 0.05) is 12.6 Å². The van der Waals surface area contributed by atoms with Gasteiger partial charge >= 0.3 is 0 Å². The average Bonchev–Trinajstić information content (AvgIpc) is 2.71. The number of pyridine rings is 1. The van der Waals surface area contributed by atoms with Crippen molar-refractivity contribution in [2.24, 2.45) is 0 Å². The number of likely N-dealkylation sites (tertiary alicyclic amines) is 1. The molecule has 2 rings (SSSR count). The molecule has 0 saturated carbocycles. The van der Waals surface area contributed by atoms with Crippen LogP contribution in [0.5, 0.6) is 5.88 Å². The van der Waals surface area contributed by atoms with Crippen LogP contribution < -0.4 is 10.5 Å². The molecule has 4 nitrogen and oxygen atoms in total. The third-order valence-electron chi connectivity index (χ3n) is 2.60. The van der Waals surface area contributed by atoms with Crippen LogP contribution in [0.25, 0.3) is 0 Å². The molecule has 1 aromatic rings. The second-order valence-corrected chi connectivity index (χ2v) is 3.80. The summed E-state index contributed by atoms with van der Waals surface area (Å²) in [6, 6.07) is 5.45. The summed E-state index contributed by atoms with van der Waals surface area (Å²) < 4.78 is 5.52. The fraction of sp³-hybridized carbons (Fsp3) is 0.545. The summed E-state index contributed by atoms with van der Waals surface area (Å²) in [4.78, 5) is 6.48. The summed E-state index contributed by atoms with van der Waals surface area (Å²) in [5.41, 5.74) is 5.55. The van der Waals surface area contributed by atoms with Crippen molar-refractivity contribution >= 4 is 5.82 Å². The Morgan fingerprint density at radius 3 is 2.87 bits per heavy atom. The highest BCUT2D eigenvalue weighted by Gasteiger charge is 2.10. The Bertz CT molecular complexity index is 310. The molecule has 0 radical (unpaired) electrons. The molecular formula is C11H17N3O. The molecule has 2 N–H and O–H groups in total. The highest BCUT2D eigenvalue weighted by Crippen LogP contribution is 2.10. The highest BCUT2D eigenvalue weighted by molar-refractivity contribution is 5.30. The lowest BCUT2D eigenvalue weighted by Gasteiger charge is -2.14. The maximum Gasteiger partial charge on any atom is 0.215 e. The molecule has 0 unspecified atom stereocenters. The Hall–Kier alpha value is -1.29. The van der Waals surface area contributed by atoms with Crippen LogP contribution in [0.3, 0.4) is 0 Å². The minimum Gasteiger partial charge on any atom is -0.476 e. The third kappa shape index (κ3) is 3.09. The maximum absolute atomic E-state index is 5.55. The van der Waals surface area contributed by atoms with Gasteiger partial charge in [0.05, 0.1) is 0 Å². The molecular weight excluding hydrogens is 190 g/mol. The van der Waals surface area contributed by atoms with Gasteiger partial charge in [0.25, 0.3) is 0 Å². The van der Waals surface area contributed by atoms with Crippen molar-refractivity contribution in [2.45, 2.75) is 12.8 Å². The summed E-state index contributed by atoms with van der Waals surface area (Å²) in [7, 11) is 0. The van der Waals surface area contributed by atoms with Crippen molar-refractivity contribution < 1.29 is 4.74 Å². The molecule has 1 fully saturated rings. The Morgan fingerprint density at radius 2 is 2.13 bits per heavy atom. The smallest absolute Gasteiger partial charge is 0.215 e. The number of hydrogen-bond acceptors (Lipinski definition) is 4. The van der Waals surface area contributed by atoms with Crippen LogP contribution in [0.15, 0.2) is 18.2 Å². The molecule has 1 aliphatic heterocycles. The number of rotatable bonds is 4. The zero-order valence-corrected chi connectivity index (χ0v) is 8.85. The Balaban J connectivity index is 1.73. The lowest BCUT2D eigenvalue weighted by molar-refractivity contribution is 0.232. The van der Waals surface area contributed by atoms with E-state index in [0.717, 1.165) is 6.54 Å². The lowest BCUT2D eigenvalue weighted by atomic mass is 10.4. The topological polar surface area (TPSA) is 51.4 Å². The van der Waals surface area contributed by atoms with Crippen molar-refractivity contribution in [3.63, 3.8) is 0 Å². The number of nitrogens with zero attached hydrogens (tertiary/aromatic N) is 2. The fourth-order valence-corrected chi connectivity index (χ4v) is 1.80. The van der Waals surface area contributed by atoms with Gasteiger partial charge in [-0.1, -0.05) is 6.07 Å². The highest BCUT2D eigenvalue weighted by atomic mass is 16.5. The van der Waals surface area contributed by atoms with E-state index in [1.165, 1.54) is 25.9 Å². The van der Waals surface area contributed by atoms with E-state index in [-0.39, 0.29) is 0 Å². The van der Waals surface area contributed by atoms with Crippen molar-refractivity contribution in [2.75, 3.05) is 32.0 Å². The van der Waals surface area contributed by atoms with Crippen LogP contribution in [-0.4, -0.2) is 36.1 Å². The van der Waals surface area contributed by atoms with Crippen molar-refractivity contribution in [3.8, 4) is 5.88 Å². The van der Waals surface area contributed by atoms with E-state index in [0.29, 0.717) is 18.3 Å². The number of nitrogen functional groups attached to an aromatic ring is 1. The van der Waals surface area contributed by atoms with Crippen LogP contribution in [-0.2, 0) is 0 Å². The monoisotopic (exact) mass is 207 g/mol. The largest absolute Gasteiger partial charge is 0.476 e. The van der Waals surface area contributed by atoms with E-state index < -0.39 is 0 Å². The summed E-state index contributed by atoms with van der Waals surface area (Å²) in [5.74, 6) is 1.13. The number of aromatic nitrogens is 1. The number of ether oxygens (including phenoxy) is 1. The Kier molecular flexibility index (Phi) is 3.40. The van der Waals surface area contributed by atoms with Gasteiger partial charge in [0.15, 0.2) is 0 Å². The molecule has 15 heavy (non-hydrogen) atoms. The SMILES string of the molecule is Nc1cccc(OCCN2CCCC2)n1. The molecule has 1 aromatic heterocycles. The van der Waals surface area contributed by atoms with E-state index in [1.54, 1.807) is 6.07 Å². The van der Waals surface area contributed by atoms with Crippen LogP contribution >= 0.6 is 0 Å². The van der Waals surface area contributed by atoms with Crippen molar-refractivity contribution in [1.29, 1.82) is 0 Å². The molecule has 1 aliphatic rings. The summed E-state index contributed by atoms with van der Waals surface area (Å²) in [6.45, 7) is 4.08. The minimum atomic E-state index is 0.508. The Labute approximate surface area is 90.0 Å². The van der Waals surface area contributed by atoms with Crippen LogP contribution in [0, 0.1) is 0 Å². The minimum absolute atomic E-state index is 0.508. The number of anilines is 1. The first-order valence-corrected chi connectivity index (χ1v) is 5.42. The average molecular weight is 207 g/mol. The van der Waals surface area contributed by atoms with E-state index in [2.05, 4.69) is 9.88 Å². The molecule has 0 aromatic carbocycles. The second-order valence-electron chi connectivity index (χ2n) is 3.80. The molecule has 0 aliphatic carbocycles. The normalized spacial score (nSPS) is 16.8. The van der Waals surface area contributed by atoms with Gasteiger partial charge in [0.1, 0.15) is 12.4 Å². The molecule has 4 heteroatoms. The number of nitrogens with two attached hydrogens (primary N) is 1. The van der Waals surface area contributed by atoms with Crippen LogP contribution in [0.2, 0.25) is 0 Å². The maximum atomic E-state index is 5.55. The number of hydrogen-bond donors (Lipinski definition) is 1. The predicted octanol–water partition coefficient (Wildman–Crippen LogP) is 1.14. The summed E-state index contributed by atoms with van der Waals surface area (Å²) in [6.07, 6.45) is 2.63. The van der Waals surface area contributed by atoms with E-state index in [9.17, 15) is 0 Å². The molecule has 1 saturated heterocycles. The molecule has 2 heterocycles. The molecule has 0 amide bonds. The standard InChI is InChI=1S/C11H17N3O/c12-10-4-3-5-11(13-10)15-9-8-14-6-1-2-7-14/h3-5H,1-2,6-9H2,(H2,12,13). The van der Waals surface area contributed by atoms with Gasteiger partial charge < -0.3 is 10.5 Å². The fourth-order valence-electron chi connectivity index (χ4n) is 1.80. The lowest BCUT2D eigenvalue weighted by Crippen LogP contribution is -2.25. The first-order chi connectivity index (χ1) is 7.34. The molecule has 82 valence electrons. The van der Waals surface area contributed by atoms with Gasteiger partial charge in [0.2, 0.25) is 5.88 Å². The third-order valence-corrected chi connectivity index (χ3v) is 2.60. The Morgan fingerprint density at radius 1 is 1.33 bits per heavy atom. The van der Waals surface area contributed by atoms with E-state index in [4.69, 9.17) is 10.5 Å². The van der Waals surface area contributed by atoms with E-state index >= 15 is 0 Å². The summed E-state index contributed by atoms with van der Waals surface area (Å²) >= 11 is 0. The second kappa shape index (κ2) is 4.98. The zero-order chi connectivity index (χ0) is 10.5. The van der Waals surface area contributed by atoms with Crippen LogP contribution in [0.4, 0.5) is 5.82 Å². The predicted molar refractivity (Wildman–Crippen MR) is 59.8 cm³/mol. The van der Waals surface area contributed by atoms with Gasteiger partial charge in [-0.15, -0.1) is 0 Å². The molecule has 0 spiro atoms. The van der Waals surface area contributed by atoms with Crippen molar-refractivity contribution in [1.82, 2.24) is 9.88 Å². The van der Waals surface area contributed by atoms with E-state index in [1.807, 2.05) is 12.1 Å². The molecule has 0 bridgehead atoms. The van der Waals surface area contributed by atoms with Gasteiger partial charge in [-0.25, -0.2) is 0 Å². The quantitative estimate of drug-likeness (QED) is 0.804. The first kappa shape index (κ1) is 10.2. The van der Waals surface area contributed by atoms with Crippen LogP contribution in [0.1, 0.15) is 12.8 Å².